The summed E-state index contributed by atoms with van der Waals surface area (Å²) < 4.78 is 28.8. The fourth-order valence-electron chi connectivity index (χ4n) is 4.31. The van der Waals surface area contributed by atoms with Gasteiger partial charge in [0.15, 0.2) is 17.5 Å². The first-order chi connectivity index (χ1) is 15.5. The second-order valence-corrected chi connectivity index (χ2v) is 8.44. The predicted octanol–water partition coefficient (Wildman–Crippen LogP) is 3.29. The number of rotatable bonds is 3. The van der Waals surface area contributed by atoms with Crippen LogP contribution in [0.2, 0.25) is 0 Å². The van der Waals surface area contributed by atoms with E-state index in [1.807, 2.05) is 18.2 Å². The van der Waals surface area contributed by atoms with Crippen LogP contribution in [0, 0.1) is 11.8 Å². The number of quaternary nitrogens is 1. The molecule has 7 heteroatoms. The summed E-state index contributed by atoms with van der Waals surface area (Å²) in [5.74, 6) is 9.24. The molecule has 2 aliphatic heterocycles. The summed E-state index contributed by atoms with van der Waals surface area (Å²) >= 11 is 0. The van der Waals surface area contributed by atoms with Crippen LogP contribution >= 0.6 is 0 Å². The van der Waals surface area contributed by atoms with Gasteiger partial charge >= 0.3 is 5.63 Å². The van der Waals surface area contributed by atoms with Gasteiger partial charge in [0.1, 0.15) is 17.9 Å². The van der Waals surface area contributed by atoms with Crippen LogP contribution in [-0.4, -0.2) is 45.6 Å². The van der Waals surface area contributed by atoms with Crippen LogP contribution in [0.3, 0.4) is 0 Å². The highest BCUT2D eigenvalue weighted by Crippen LogP contribution is 2.50. The van der Waals surface area contributed by atoms with Crippen molar-refractivity contribution in [2.75, 3.05) is 41.1 Å². The van der Waals surface area contributed by atoms with Gasteiger partial charge in [0.2, 0.25) is 12.5 Å². The van der Waals surface area contributed by atoms with Gasteiger partial charge in [-0.25, -0.2) is 4.79 Å². The van der Waals surface area contributed by atoms with Gasteiger partial charge in [-0.3, -0.25) is 0 Å². The maximum atomic E-state index is 11.5. The zero-order valence-electron chi connectivity index (χ0n) is 18.3. The largest absolute Gasteiger partial charge is 0.492 e. The van der Waals surface area contributed by atoms with Crippen molar-refractivity contribution in [3.8, 4) is 34.8 Å². The molecule has 0 spiro atoms. The molecule has 0 unspecified atom stereocenters. The number of likely N-dealkylation sites (N-methyl/N-ethyl adjacent to an activating group) is 1. The Morgan fingerprint density at radius 2 is 2.00 bits per heavy atom. The lowest BCUT2D eigenvalue weighted by Crippen LogP contribution is -2.47. The third-order valence-electron chi connectivity index (χ3n) is 6.02. The first kappa shape index (κ1) is 20.3. The number of benzene rings is 2. The third-order valence-corrected chi connectivity index (χ3v) is 6.02. The van der Waals surface area contributed by atoms with Crippen molar-refractivity contribution in [2.24, 2.45) is 0 Å². The predicted molar refractivity (Wildman–Crippen MR) is 118 cm³/mol. The first-order valence-electron chi connectivity index (χ1n) is 10.4. The zero-order chi connectivity index (χ0) is 22.3. The molecule has 0 amide bonds. The van der Waals surface area contributed by atoms with Gasteiger partial charge in [-0.15, -0.1) is 0 Å². The Morgan fingerprint density at radius 3 is 2.84 bits per heavy atom. The summed E-state index contributed by atoms with van der Waals surface area (Å²) in [6.45, 7) is 1.35. The average Bonchev–Trinajstić information content (AvgIpc) is 3.24. The minimum absolute atomic E-state index is 0.0959. The van der Waals surface area contributed by atoms with Gasteiger partial charge in [0.05, 0.1) is 33.3 Å². The normalized spacial score (nSPS) is 17.9. The van der Waals surface area contributed by atoms with E-state index in [0.29, 0.717) is 27.3 Å². The number of hydrogen-bond donors (Lipinski definition) is 0. The van der Waals surface area contributed by atoms with Crippen LogP contribution in [0.4, 0.5) is 0 Å². The Morgan fingerprint density at radius 1 is 1.16 bits per heavy atom. The van der Waals surface area contributed by atoms with Crippen molar-refractivity contribution in [3.05, 3.63) is 57.9 Å². The van der Waals surface area contributed by atoms with Crippen LogP contribution in [0.15, 0.2) is 45.6 Å². The van der Waals surface area contributed by atoms with E-state index in [-0.39, 0.29) is 25.1 Å². The van der Waals surface area contributed by atoms with Gasteiger partial charge in [0, 0.05) is 23.9 Å². The molecule has 32 heavy (non-hydrogen) atoms. The summed E-state index contributed by atoms with van der Waals surface area (Å²) in [6, 6.07) is 10.5. The second-order valence-electron chi connectivity index (χ2n) is 8.44. The van der Waals surface area contributed by atoms with Gasteiger partial charge in [0.25, 0.3) is 0 Å². The summed E-state index contributed by atoms with van der Waals surface area (Å²) in [6.07, 6.45) is 0.909. The van der Waals surface area contributed by atoms with Crippen molar-refractivity contribution in [1.82, 2.24) is 0 Å². The van der Waals surface area contributed by atoms with E-state index >= 15 is 0 Å². The van der Waals surface area contributed by atoms with Crippen molar-refractivity contribution in [1.29, 1.82) is 0 Å². The molecular weight excluding hydrogens is 410 g/mol. The highest BCUT2D eigenvalue weighted by atomic mass is 16.7. The van der Waals surface area contributed by atoms with E-state index < -0.39 is 0 Å². The van der Waals surface area contributed by atoms with Crippen LogP contribution in [0.25, 0.3) is 11.0 Å². The fraction of sp³-hybridized carbons (Fsp3) is 0.320. The lowest BCUT2D eigenvalue weighted by molar-refractivity contribution is -0.914. The number of fused-ring (bicyclic) bond motifs is 3. The molecule has 0 saturated carbocycles. The van der Waals surface area contributed by atoms with E-state index in [1.165, 1.54) is 11.6 Å². The molecular formula is C25H24NO6+. The van der Waals surface area contributed by atoms with Crippen LogP contribution < -0.4 is 24.6 Å². The molecule has 2 aliphatic rings. The van der Waals surface area contributed by atoms with Gasteiger partial charge in [-0.05, 0) is 35.7 Å². The average molecular weight is 434 g/mol. The van der Waals surface area contributed by atoms with Crippen LogP contribution in [0.5, 0.6) is 23.0 Å². The molecule has 1 atom stereocenters. The number of nitrogens with zero attached hydrogens (tertiary/aromatic N) is 1. The van der Waals surface area contributed by atoms with E-state index in [4.69, 9.17) is 23.4 Å². The molecule has 0 bridgehead atoms. The lowest BCUT2D eigenvalue weighted by Gasteiger charge is -2.40. The van der Waals surface area contributed by atoms with Crippen LogP contribution in [0.1, 0.15) is 17.2 Å². The van der Waals surface area contributed by atoms with E-state index in [1.54, 1.807) is 19.2 Å². The fourth-order valence-corrected chi connectivity index (χ4v) is 4.31. The maximum Gasteiger partial charge on any atom is 0.336 e. The Kier molecular flexibility index (Phi) is 4.95. The summed E-state index contributed by atoms with van der Waals surface area (Å²) in [5.41, 5.74) is 2.32. The molecule has 2 aromatic carbocycles. The molecule has 0 N–H and O–H groups in total. The molecule has 0 saturated heterocycles. The SMILES string of the molecule is COc1c2c(cc3c1[C@@H](C#CCOc1ccc4ccc(=O)oc4c1)[N+](C)(C)CC3)OCO2. The van der Waals surface area contributed by atoms with Crippen LogP contribution in [-0.2, 0) is 6.42 Å². The monoisotopic (exact) mass is 434 g/mol. The Bertz CT molecular complexity index is 1310. The molecule has 164 valence electrons. The van der Waals surface area contributed by atoms with Crippen molar-refractivity contribution >= 4 is 11.0 Å². The Hall–Kier alpha value is -3.63. The molecule has 3 heterocycles. The Labute approximate surface area is 185 Å². The molecule has 0 aliphatic carbocycles. The number of hydrogen-bond acceptors (Lipinski definition) is 6. The second kappa shape index (κ2) is 7.81. The highest BCUT2D eigenvalue weighted by molar-refractivity contribution is 5.77. The topological polar surface area (TPSA) is 67.1 Å². The minimum atomic E-state index is -0.389. The summed E-state index contributed by atoms with van der Waals surface area (Å²) in [5, 5.41) is 0.840. The van der Waals surface area contributed by atoms with Gasteiger partial charge in [-0.2, -0.15) is 0 Å². The summed E-state index contributed by atoms with van der Waals surface area (Å²) in [4.78, 5) is 11.5. The third kappa shape index (κ3) is 3.53. The van der Waals surface area contributed by atoms with E-state index in [2.05, 4.69) is 25.9 Å². The lowest BCUT2D eigenvalue weighted by atomic mass is 9.89. The standard InChI is InChI=1S/C25H24NO6/c1-26(2)11-10-17-13-21-24(31-15-30-21)25(28-3)23(17)19(26)5-4-12-29-18-8-6-16-7-9-22(27)32-20(16)14-18/h6-9,13-14,19H,10-12,15H2,1-3H3/q+1/t19-/m1/s1. The quantitative estimate of drug-likeness (QED) is 0.358. The zero-order valence-corrected chi connectivity index (χ0v) is 18.3. The molecule has 1 aromatic heterocycles. The maximum absolute atomic E-state index is 11.5. The molecule has 3 aromatic rings. The summed E-state index contributed by atoms with van der Waals surface area (Å²) in [7, 11) is 5.98. The Balaban J connectivity index is 1.42. The van der Waals surface area contributed by atoms with Crippen molar-refractivity contribution < 1.29 is 27.8 Å². The molecule has 0 radical (unpaired) electrons. The van der Waals surface area contributed by atoms with Crippen molar-refractivity contribution in [3.63, 3.8) is 0 Å². The van der Waals surface area contributed by atoms with Gasteiger partial charge < -0.3 is 27.8 Å². The molecule has 5 rings (SSSR count). The number of ether oxygens (including phenoxy) is 4. The molecule has 0 fully saturated rings. The van der Waals surface area contributed by atoms with E-state index in [9.17, 15) is 4.79 Å². The highest BCUT2D eigenvalue weighted by Gasteiger charge is 2.40. The van der Waals surface area contributed by atoms with Gasteiger partial charge in [-0.1, -0.05) is 5.92 Å². The van der Waals surface area contributed by atoms with Crippen molar-refractivity contribution in [2.45, 2.75) is 12.5 Å². The molecule has 7 nitrogen and oxygen atoms in total. The minimum Gasteiger partial charge on any atom is -0.492 e. The van der Waals surface area contributed by atoms with E-state index in [0.717, 1.165) is 29.7 Å². The number of methoxy groups -OCH3 is 1. The first-order valence-corrected chi connectivity index (χ1v) is 10.4. The smallest absolute Gasteiger partial charge is 0.336 e.